The van der Waals surface area contributed by atoms with Gasteiger partial charge >= 0.3 is 19.9 Å². The predicted molar refractivity (Wildman–Crippen MR) is 222 cm³/mol. The number of sulfonamides is 1. The molecule has 302 valence electrons. The zero-order valence-electron chi connectivity index (χ0n) is 31.5. The highest BCUT2D eigenvalue weighted by atomic mass is 32.2. The van der Waals surface area contributed by atoms with E-state index in [1.807, 2.05) is 42.5 Å². The van der Waals surface area contributed by atoms with Crippen LogP contribution in [-0.4, -0.2) is 41.9 Å². The van der Waals surface area contributed by atoms with E-state index in [4.69, 9.17) is 18.3 Å². The molecular formula is C43H39N4O10PS. The summed E-state index contributed by atoms with van der Waals surface area (Å²) in [6.07, 6.45) is -0.913. The van der Waals surface area contributed by atoms with Crippen LogP contribution in [0.5, 0.6) is 0 Å². The van der Waals surface area contributed by atoms with Gasteiger partial charge in [-0.3, -0.25) is 13.8 Å². The van der Waals surface area contributed by atoms with Crippen molar-refractivity contribution in [2.75, 3.05) is 11.5 Å². The van der Waals surface area contributed by atoms with Crippen molar-refractivity contribution < 1.29 is 46.0 Å². The Hall–Kier alpha value is -6.35. The fraction of sp³-hybridized carbons (Fsp3) is 0.140. The maximum Gasteiger partial charge on any atom is 0.478 e. The first kappa shape index (κ1) is 40.8. The van der Waals surface area contributed by atoms with E-state index in [0.29, 0.717) is 33.5 Å². The van der Waals surface area contributed by atoms with Crippen LogP contribution in [0.2, 0.25) is 0 Å². The van der Waals surface area contributed by atoms with E-state index < -0.39 is 36.7 Å². The molecule has 0 bridgehead atoms. The molecule has 59 heavy (non-hydrogen) atoms. The Kier molecular flexibility index (Phi) is 12.8. The Labute approximate surface area is 340 Å². The SMILES string of the molecule is O=C(NCc1ccc2cc(C(=O)O)n(Cc3cc(NS(=O)(=O)Cc4ccccc4)cc4ccccc34)c2n1)OCOP(=O)(OCc1ccccc1)OCc1ccccc1. The topological polar surface area (TPSA) is 184 Å². The van der Waals surface area contributed by atoms with E-state index >= 15 is 0 Å². The van der Waals surface area contributed by atoms with Crippen LogP contribution in [0.3, 0.4) is 0 Å². The summed E-state index contributed by atoms with van der Waals surface area (Å²) in [6.45, 7) is -0.987. The van der Waals surface area contributed by atoms with E-state index in [2.05, 4.69) is 15.0 Å². The van der Waals surface area contributed by atoms with Crippen molar-refractivity contribution >= 4 is 57.4 Å². The fourth-order valence-electron chi connectivity index (χ4n) is 6.29. The highest BCUT2D eigenvalue weighted by Crippen LogP contribution is 2.51. The number of fused-ring (bicyclic) bond motifs is 2. The molecule has 0 atom stereocenters. The molecule has 3 N–H and O–H groups in total. The second-order valence-corrected chi connectivity index (χ2v) is 16.7. The van der Waals surface area contributed by atoms with Gasteiger partial charge in [0, 0.05) is 11.1 Å². The fourth-order valence-corrected chi connectivity index (χ4v) is 8.49. The summed E-state index contributed by atoms with van der Waals surface area (Å²) in [7, 11) is -7.99. The van der Waals surface area contributed by atoms with Gasteiger partial charge in [0.25, 0.3) is 0 Å². The van der Waals surface area contributed by atoms with Crippen molar-refractivity contribution in [2.24, 2.45) is 0 Å². The monoisotopic (exact) mass is 834 g/mol. The van der Waals surface area contributed by atoms with Crippen molar-refractivity contribution in [2.45, 2.75) is 32.1 Å². The number of rotatable bonds is 18. The van der Waals surface area contributed by atoms with Gasteiger partial charge in [-0.1, -0.05) is 115 Å². The number of nitrogens with zero attached hydrogens (tertiary/aromatic N) is 2. The number of carbonyl (C=O) groups is 2. The smallest absolute Gasteiger partial charge is 0.477 e. The lowest BCUT2D eigenvalue weighted by atomic mass is 10.0. The number of ether oxygens (including phenoxy) is 1. The molecule has 14 nitrogen and oxygen atoms in total. The summed E-state index contributed by atoms with van der Waals surface area (Å²) in [5.74, 6) is -1.41. The van der Waals surface area contributed by atoms with Gasteiger partial charge in [0.05, 0.1) is 37.8 Å². The molecular weight excluding hydrogens is 796 g/mol. The van der Waals surface area contributed by atoms with Gasteiger partial charge in [0.1, 0.15) is 11.3 Å². The number of aromatic carboxylic acids is 1. The van der Waals surface area contributed by atoms with Gasteiger partial charge in [-0.15, -0.1) is 0 Å². The molecule has 2 aromatic heterocycles. The largest absolute Gasteiger partial charge is 0.478 e. The number of phosphoric acid groups is 1. The second-order valence-electron chi connectivity index (χ2n) is 13.3. The number of carboxylic acids is 1. The number of alkyl carbamates (subject to hydrolysis) is 1. The summed E-state index contributed by atoms with van der Waals surface area (Å²) in [6, 6.07) is 42.5. The number of nitrogens with one attached hydrogen (secondary N) is 2. The summed E-state index contributed by atoms with van der Waals surface area (Å²) >= 11 is 0. The first-order valence-electron chi connectivity index (χ1n) is 18.3. The zero-order chi connectivity index (χ0) is 41.2. The summed E-state index contributed by atoms with van der Waals surface area (Å²) in [4.78, 5) is 29.9. The van der Waals surface area contributed by atoms with Gasteiger partial charge in [-0.05, 0) is 63.4 Å². The number of benzene rings is 5. The van der Waals surface area contributed by atoms with Crippen LogP contribution in [0.15, 0.2) is 146 Å². The first-order valence-corrected chi connectivity index (χ1v) is 21.4. The van der Waals surface area contributed by atoms with Crippen molar-refractivity contribution in [1.82, 2.24) is 14.9 Å². The molecule has 2 heterocycles. The number of pyridine rings is 1. The number of aromatic nitrogens is 2. The minimum Gasteiger partial charge on any atom is -0.477 e. The average Bonchev–Trinajstić information content (AvgIpc) is 3.60. The second kappa shape index (κ2) is 18.5. The van der Waals surface area contributed by atoms with Crippen LogP contribution >= 0.6 is 7.82 Å². The van der Waals surface area contributed by atoms with E-state index in [1.54, 1.807) is 97.1 Å². The van der Waals surface area contributed by atoms with Crippen molar-refractivity contribution in [1.29, 1.82) is 0 Å². The number of amides is 1. The molecule has 0 unspecified atom stereocenters. The van der Waals surface area contributed by atoms with Gasteiger partial charge in [0.2, 0.25) is 16.8 Å². The van der Waals surface area contributed by atoms with E-state index in [1.165, 1.54) is 10.6 Å². The predicted octanol–water partition coefficient (Wildman–Crippen LogP) is 8.62. The van der Waals surface area contributed by atoms with E-state index in [0.717, 1.165) is 21.9 Å². The number of carboxylic acid groups (broad SMARTS) is 1. The lowest BCUT2D eigenvalue weighted by Crippen LogP contribution is -2.25. The van der Waals surface area contributed by atoms with Crippen LogP contribution in [0.1, 0.15) is 38.4 Å². The van der Waals surface area contributed by atoms with Crippen LogP contribution in [0, 0.1) is 0 Å². The maximum absolute atomic E-state index is 13.5. The highest BCUT2D eigenvalue weighted by Gasteiger charge is 2.28. The summed E-state index contributed by atoms with van der Waals surface area (Å²) in [5.41, 5.74) is 3.72. The van der Waals surface area contributed by atoms with Crippen molar-refractivity contribution in [3.05, 3.63) is 179 Å². The lowest BCUT2D eigenvalue weighted by molar-refractivity contribution is 0.0173. The van der Waals surface area contributed by atoms with Crippen LogP contribution in [-0.2, 0) is 65.0 Å². The Balaban J connectivity index is 1.04. The third kappa shape index (κ3) is 11.0. The van der Waals surface area contributed by atoms with Crippen LogP contribution < -0.4 is 10.0 Å². The van der Waals surface area contributed by atoms with Gasteiger partial charge in [-0.25, -0.2) is 32.1 Å². The third-order valence-corrected chi connectivity index (χ3v) is 11.6. The number of hydrogen-bond donors (Lipinski definition) is 3. The Morgan fingerprint density at radius 1 is 0.712 bits per heavy atom. The number of carbonyl (C=O) groups excluding carboxylic acids is 1. The Morgan fingerprint density at radius 2 is 1.32 bits per heavy atom. The standard InChI is InChI=1S/C43H39N4O10PS/c48-42(49)40-24-35-20-21-37(25-44-43(50)54-30-57-58(51,55-27-31-12-4-1-5-13-31)56-28-32-14-6-2-7-15-32)45-41(35)47(40)26-36-23-38(22-34-18-10-11-19-39(34)36)46-59(52,53)29-33-16-8-3-9-17-33/h1-24,46H,25-30H2,(H,44,50)(H,48,49). The minimum atomic E-state index is -4.20. The molecule has 0 aliphatic rings. The molecule has 0 radical (unpaired) electrons. The van der Waals surface area contributed by atoms with Gasteiger partial charge < -0.3 is 19.7 Å². The molecule has 0 spiro atoms. The molecule has 16 heteroatoms. The van der Waals surface area contributed by atoms with Crippen LogP contribution in [0.25, 0.3) is 21.8 Å². The Morgan fingerprint density at radius 3 is 1.97 bits per heavy atom. The van der Waals surface area contributed by atoms with Crippen molar-refractivity contribution in [3.8, 4) is 0 Å². The third-order valence-electron chi connectivity index (χ3n) is 9.05. The molecule has 0 saturated heterocycles. The average molecular weight is 835 g/mol. The van der Waals surface area contributed by atoms with Gasteiger partial charge in [-0.2, -0.15) is 0 Å². The molecule has 0 fully saturated rings. The highest BCUT2D eigenvalue weighted by molar-refractivity contribution is 7.91. The minimum absolute atomic E-state index is 0.0297. The molecule has 0 saturated carbocycles. The zero-order valence-corrected chi connectivity index (χ0v) is 33.2. The number of phosphoric ester groups is 1. The van der Waals surface area contributed by atoms with Crippen LogP contribution in [0.4, 0.5) is 10.5 Å². The summed E-state index contributed by atoms with van der Waals surface area (Å²) in [5, 5.41) is 14.9. The molecule has 7 aromatic rings. The molecule has 0 aliphatic heterocycles. The van der Waals surface area contributed by atoms with E-state index in [-0.39, 0.29) is 37.8 Å². The maximum atomic E-state index is 13.5. The molecule has 5 aromatic carbocycles. The Bertz CT molecular complexity index is 2690. The first-order chi connectivity index (χ1) is 28.5. The lowest BCUT2D eigenvalue weighted by Gasteiger charge is -2.18. The molecule has 0 aliphatic carbocycles. The normalized spacial score (nSPS) is 11.7. The van der Waals surface area contributed by atoms with E-state index in [9.17, 15) is 27.7 Å². The quantitative estimate of drug-likeness (QED) is 0.0556. The number of anilines is 1. The van der Waals surface area contributed by atoms with Gasteiger partial charge in [0.15, 0.2) is 0 Å². The number of hydrogen-bond acceptors (Lipinski definition) is 10. The molecule has 7 rings (SSSR count). The van der Waals surface area contributed by atoms with Crippen molar-refractivity contribution in [3.63, 3.8) is 0 Å². The molecule has 1 amide bonds. The summed E-state index contributed by atoms with van der Waals surface area (Å²) < 4.78 is 65.7.